The van der Waals surface area contributed by atoms with Crippen LogP contribution in [0.15, 0.2) is 30.6 Å². The van der Waals surface area contributed by atoms with Crippen LogP contribution in [-0.4, -0.2) is 21.7 Å². The van der Waals surface area contributed by atoms with Crippen LogP contribution in [0.5, 0.6) is 0 Å². The third-order valence-corrected chi connectivity index (χ3v) is 2.75. The van der Waals surface area contributed by atoms with Crippen LogP contribution in [-0.2, 0) is 13.0 Å². The standard InChI is InChI=1S/C13H17N3O/c1-10-13(16-9-15-10)8-14-12-4-2-11(3-5-12)6-7-17/h2-5,9,14,17H,6-8H2,1H3,(H,15,16). The zero-order valence-electron chi connectivity index (χ0n) is 9.90. The van der Waals surface area contributed by atoms with E-state index in [1.165, 1.54) is 0 Å². The first kappa shape index (κ1) is 11.7. The SMILES string of the molecule is Cc1[nH]cnc1CNc1ccc(CCO)cc1. The number of hydrogen-bond acceptors (Lipinski definition) is 3. The third-order valence-electron chi connectivity index (χ3n) is 2.75. The highest BCUT2D eigenvalue weighted by atomic mass is 16.2. The van der Waals surface area contributed by atoms with Gasteiger partial charge in [-0.25, -0.2) is 4.98 Å². The van der Waals surface area contributed by atoms with Gasteiger partial charge >= 0.3 is 0 Å². The summed E-state index contributed by atoms with van der Waals surface area (Å²) in [6.07, 6.45) is 2.41. The van der Waals surface area contributed by atoms with E-state index < -0.39 is 0 Å². The molecule has 0 saturated heterocycles. The maximum Gasteiger partial charge on any atom is 0.0925 e. The van der Waals surface area contributed by atoms with E-state index >= 15 is 0 Å². The normalized spacial score (nSPS) is 10.5. The molecule has 4 heteroatoms. The Morgan fingerprint density at radius 3 is 2.65 bits per heavy atom. The van der Waals surface area contributed by atoms with Crippen LogP contribution >= 0.6 is 0 Å². The summed E-state index contributed by atoms with van der Waals surface area (Å²) in [5, 5.41) is 12.1. The molecule has 3 N–H and O–H groups in total. The minimum absolute atomic E-state index is 0.194. The molecule has 0 fully saturated rings. The summed E-state index contributed by atoms with van der Waals surface area (Å²) in [6, 6.07) is 8.09. The predicted octanol–water partition coefficient (Wildman–Crippen LogP) is 1.87. The van der Waals surface area contributed by atoms with Gasteiger partial charge in [0, 0.05) is 18.0 Å². The van der Waals surface area contributed by atoms with Crippen molar-refractivity contribution in [3.8, 4) is 0 Å². The number of nitrogens with zero attached hydrogens (tertiary/aromatic N) is 1. The zero-order chi connectivity index (χ0) is 12.1. The van der Waals surface area contributed by atoms with Crippen molar-refractivity contribution in [3.05, 3.63) is 47.5 Å². The first-order chi connectivity index (χ1) is 8.29. The highest BCUT2D eigenvalue weighted by molar-refractivity contribution is 5.45. The third kappa shape index (κ3) is 3.07. The van der Waals surface area contributed by atoms with Gasteiger partial charge in [-0.3, -0.25) is 0 Å². The van der Waals surface area contributed by atoms with Gasteiger partial charge in [0.1, 0.15) is 0 Å². The molecule has 0 aliphatic carbocycles. The van der Waals surface area contributed by atoms with Gasteiger partial charge < -0.3 is 15.4 Å². The molecule has 2 rings (SSSR count). The van der Waals surface area contributed by atoms with E-state index in [0.717, 1.165) is 22.6 Å². The molecule has 1 aromatic heterocycles. The molecular weight excluding hydrogens is 214 g/mol. The minimum Gasteiger partial charge on any atom is -0.396 e. The lowest BCUT2D eigenvalue weighted by Gasteiger charge is -2.06. The number of aromatic amines is 1. The molecule has 90 valence electrons. The van der Waals surface area contributed by atoms with Gasteiger partial charge in [0.2, 0.25) is 0 Å². The Hall–Kier alpha value is -1.81. The quantitative estimate of drug-likeness (QED) is 0.736. The van der Waals surface area contributed by atoms with Crippen LogP contribution < -0.4 is 5.32 Å². The van der Waals surface area contributed by atoms with Crippen LogP contribution in [0.2, 0.25) is 0 Å². The molecule has 1 heterocycles. The number of imidazole rings is 1. The highest BCUT2D eigenvalue weighted by Gasteiger charge is 2.00. The van der Waals surface area contributed by atoms with Crippen LogP contribution in [0.1, 0.15) is 17.0 Å². The Bertz CT molecular complexity index is 462. The molecule has 0 saturated carbocycles. The van der Waals surface area contributed by atoms with Crippen molar-refractivity contribution in [3.63, 3.8) is 0 Å². The van der Waals surface area contributed by atoms with Crippen molar-refractivity contribution < 1.29 is 5.11 Å². The van der Waals surface area contributed by atoms with Gasteiger partial charge in [-0.1, -0.05) is 12.1 Å². The van der Waals surface area contributed by atoms with Crippen molar-refractivity contribution in [1.82, 2.24) is 9.97 Å². The van der Waals surface area contributed by atoms with E-state index in [4.69, 9.17) is 5.11 Å². The van der Waals surface area contributed by atoms with Gasteiger partial charge in [-0.15, -0.1) is 0 Å². The Balaban J connectivity index is 1.93. The Morgan fingerprint density at radius 1 is 1.29 bits per heavy atom. The Labute approximate surface area is 101 Å². The van der Waals surface area contributed by atoms with Crippen LogP contribution in [0, 0.1) is 6.92 Å². The average Bonchev–Trinajstić information content (AvgIpc) is 2.75. The maximum atomic E-state index is 8.82. The number of aryl methyl sites for hydroxylation is 1. The van der Waals surface area contributed by atoms with Gasteiger partial charge in [-0.2, -0.15) is 0 Å². The molecule has 0 radical (unpaired) electrons. The molecule has 0 aliphatic heterocycles. The predicted molar refractivity (Wildman–Crippen MR) is 67.9 cm³/mol. The van der Waals surface area contributed by atoms with Gasteiger partial charge in [0.05, 0.1) is 18.6 Å². The summed E-state index contributed by atoms with van der Waals surface area (Å²) in [4.78, 5) is 7.28. The van der Waals surface area contributed by atoms with Crippen molar-refractivity contribution in [1.29, 1.82) is 0 Å². The first-order valence-electron chi connectivity index (χ1n) is 5.72. The topological polar surface area (TPSA) is 60.9 Å². The largest absolute Gasteiger partial charge is 0.396 e. The number of rotatable bonds is 5. The lowest BCUT2D eigenvalue weighted by Crippen LogP contribution is -2.01. The summed E-state index contributed by atoms with van der Waals surface area (Å²) in [7, 11) is 0. The van der Waals surface area contributed by atoms with Gasteiger partial charge in [0.25, 0.3) is 0 Å². The minimum atomic E-state index is 0.194. The smallest absolute Gasteiger partial charge is 0.0925 e. The number of benzene rings is 1. The summed E-state index contributed by atoms with van der Waals surface area (Å²) in [6.45, 7) is 2.92. The number of aliphatic hydroxyl groups is 1. The molecule has 0 unspecified atom stereocenters. The molecule has 4 nitrogen and oxygen atoms in total. The second kappa shape index (κ2) is 5.50. The Kier molecular flexibility index (Phi) is 3.77. The molecule has 0 aliphatic rings. The molecule has 0 atom stereocenters. The molecule has 0 amide bonds. The molecule has 0 bridgehead atoms. The van der Waals surface area contributed by atoms with Gasteiger partial charge in [-0.05, 0) is 31.0 Å². The van der Waals surface area contributed by atoms with Crippen LogP contribution in [0.25, 0.3) is 0 Å². The van der Waals surface area contributed by atoms with E-state index in [2.05, 4.69) is 15.3 Å². The molecule has 0 spiro atoms. The van der Waals surface area contributed by atoms with E-state index in [9.17, 15) is 0 Å². The lowest BCUT2D eigenvalue weighted by molar-refractivity contribution is 0.299. The number of anilines is 1. The molecule has 2 aromatic rings. The van der Waals surface area contributed by atoms with Crippen LogP contribution in [0.4, 0.5) is 5.69 Å². The van der Waals surface area contributed by atoms with Crippen molar-refractivity contribution in [2.75, 3.05) is 11.9 Å². The second-order valence-corrected chi connectivity index (χ2v) is 4.00. The van der Waals surface area contributed by atoms with E-state index in [0.29, 0.717) is 13.0 Å². The summed E-state index contributed by atoms with van der Waals surface area (Å²) in [5.41, 5.74) is 4.34. The van der Waals surface area contributed by atoms with E-state index in [-0.39, 0.29) is 6.61 Å². The fourth-order valence-corrected chi connectivity index (χ4v) is 1.67. The van der Waals surface area contributed by atoms with Gasteiger partial charge in [0.15, 0.2) is 0 Å². The number of hydrogen-bond donors (Lipinski definition) is 3. The van der Waals surface area contributed by atoms with E-state index in [1.807, 2.05) is 31.2 Å². The van der Waals surface area contributed by atoms with Crippen LogP contribution in [0.3, 0.4) is 0 Å². The van der Waals surface area contributed by atoms with Crippen molar-refractivity contribution in [2.45, 2.75) is 19.9 Å². The fourth-order valence-electron chi connectivity index (χ4n) is 1.67. The summed E-state index contributed by atoms with van der Waals surface area (Å²) in [5.74, 6) is 0. The number of aromatic nitrogens is 2. The number of nitrogens with one attached hydrogen (secondary N) is 2. The Morgan fingerprint density at radius 2 is 2.06 bits per heavy atom. The monoisotopic (exact) mass is 231 g/mol. The number of aliphatic hydroxyl groups excluding tert-OH is 1. The molecule has 17 heavy (non-hydrogen) atoms. The van der Waals surface area contributed by atoms with Crippen molar-refractivity contribution >= 4 is 5.69 Å². The first-order valence-corrected chi connectivity index (χ1v) is 5.72. The average molecular weight is 231 g/mol. The summed E-state index contributed by atoms with van der Waals surface area (Å²) < 4.78 is 0. The zero-order valence-corrected chi connectivity index (χ0v) is 9.90. The lowest BCUT2D eigenvalue weighted by atomic mass is 10.1. The van der Waals surface area contributed by atoms with E-state index in [1.54, 1.807) is 6.33 Å². The number of H-pyrrole nitrogens is 1. The summed E-state index contributed by atoms with van der Waals surface area (Å²) >= 11 is 0. The van der Waals surface area contributed by atoms with Crippen molar-refractivity contribution in [2.24, 2.45) is 0 Å². The highest BCUT2D eigenvalue weighted by Crippen LogP contribution is 2.11. The molecular formula is C13H17N3O. The molecule has 1 aromatic carbocycles. The second-order valence-electron chi connectivity index (χ2n) is 4.00. The maximum absolute atomic E-state index is 8.82. The fraction of sp³-hybridized carbons (Fsp3) is 0.308.